The van der Waals surface area contributed by atoms with Crippen molar-refractivity contribution in [2.45, 2.75) is 18.2 Å². The molecule has 124 valence electrons. The number of rotatable bonds is 8. The standard InChI is InChI=1S/C15H20N4O2S2/c1-10-5-4-6-12(11(10)2)17-13(20)9-22-15-19-18-14(23-15)16-7-8-21-3/h4-6H,7-9H2,1-3H3,(H,16,18)(H,17,20). The van der Waals surface area contributed by atoms with Gasteiger partial charge in [0.15, 0.2) is 4.34 Å². The first kappa shape index (κ1) is 17.7. The van der Waals surface area contributed by atoms with Crippen LogP contribution in [0.4, 0.5) is 10.8 Å². The zero-order valence-corrected chi connectivity index (χ0v) is 15.0. The second-order valence-corrected chi connectivity index (χ2v) is 7.08. The van der Waals surface area contributed by atoms with E-state index < -0.39 is 0 Å². The maximum Gasteiger partial charge on any atom is 0.234 e. The molecule has 1 heterocycles. The van der Waals surface area contributed by atoms with E-state index in [9.17, 15) is 4.79 Å². The number of hydrogen-bond acceptors (Lipinski definition) is 7. The molecule has 1 aromatic heterocycles. The summed E-state index contributed by atoms with van der Waals surface area (Å²) in [6, 6.07) is 5.88. The van der Waals surface area contributed by atoms with Crippen LogP contribution in [0.25, 0.3) is 0 Å². The summed E-state index contributed by atoms with van der Waals surface area (Å²) in [5.74, 6) is 0.257. The molecule has 0 spiro atoms. The van der Waals surface area contributed by atoms with E-state index >= 15 is 0 Å². The minimum atomic E-state index is -0.0483. The maximum atomic E-state index is 12.1. The van der Waals surface area contributed by atoms with Crippen LogP contribution in [0.3, 0.4) is 0 Å². The van der Waals surface area contributed by atoms with Crippen LogP contribution < -0.4 is 10.6 Å². The topological polar surface area (TPSA) is 76.1 Å². The number of nitrogens with zero attached hydrogens (tertiary/aromatic N) is 2. The predicted octanol–water partition coefficient (Wildman–Crippen LogP) is 2.94. The summed E-state index contributed by atoms with van der Waals surface area (Å²) in [7, 11) is 1.65. The van der Waals surface area contributed by atoms with Crippen LogP contribution in [0.15, 0.2) is 22.5 Å². The lowest BCUT2D eigenvalue weighted by Gasteiger charge is -2.09. The van der Waals surface area contributed by atoms with Gasteiger partial charge in [-0.2, -0.15) is 0 Å². The lowest BCUT2D eigenvalue weighted by molar-refractivity contribution is -0.113. The molecule has 0 radical (unpaired) electrons. The highest BCUT2D eigenvalue weighted by molar-refractivity contribution is 8.01. The molecule has 2 rings (SSSR count). The summed E-state index contributed by atoms with van der Waals surface area (Å²) < 4.78 is 5.72. The van der Waals surface area contributed by atoms with Gasteiger partial charge in [0, 0.05) is 19.3 Å². The number of carbonyl (C=O) groups is 1. The SMILES string of the molecule is COCCNc1nnc(SCC(=O)Nc2cccc(C)c2C)s1. The van der Waals surface area contributed by atoms with Gasteiger partial charge in [-0.3, -0.25) is 4.79 Å². The summed E-state index contributed by atoms with van der Waals surface area (Å²) in [5.41, 5.74) is 3.10. The third-order valence-corrected chi connectivity index (χ3v) is 5.21. The first-order valence-corrected chi connectivity index (χ1v) is 8.95. The van der Waals surface area contributed by atoms with Crippen LogP contribution in [0.2, 0.25) is 0 Å². The van der Waals surface area contributed by atoms with Crippen molar-refractivity contribution in [1.29, 1.82) is 0 Å². The highest BCUT2D eigenvalue weighted by Gasteiger charge is 2.09. The van der Waals surface area contributed by atoms with Crippen LogP contribution in [0, 0.1) is 13.8 Å². The monoisotopic (exact) mass is 352 g/mol. The van der Waals surface area contributed by atoms with E-state index in [-0.39, 0.29) is 5.91 Å². The highest BCUT2D eigenvalue weighted by atomic mass is 32.2. The van der Waals surface area contributed by atoms with Gasteiger partial charge in [0.1, 0.15) is 0 Å². The fraction of sp³-hybridized carbons (Fsp3) is 0.400. The number of benzene rings is 1. The van der Waals surface area contributed by atoms with Gasteiger partial charge >= 0.3 is 0 Å². The van der Waals surface area contributed by atoms with E-state index in [0.29, 0.717) is 18.9 Å². The molecule has 2 N–H and O–H groups in total. The van der Waals surface area contributed by atoms with Crippen LogP contribution >= 0.6 is 23.1 Å². The van der Waals surface area contributed by atoms with Gasteiger partial charge in [-0.15, -0.1) is 10.2 Å². The fourth-order valence-electron chi connectivity index (χ4n) is 1.80. The van der Waals surface area contributed by atoms with Crippen molar-refractivity contribution >= 4 is 39.8 Å². The van der Waals surface area contributed by atoms with Crippen molar-refractivity contribution in [1.82, 2.24) is 10.2 Å². The molecule has 0 saturated heterocycles. The Labute approximate surface area is 144 Å². The van der Waals surface area contributed by atoms with Crippen molar-refractivity contribution in [3.05, 3.63) is 29.3 Å². The minimum absolute atomic E-state index is 0.0483. The van der Waals surface area contributed by atoms with Crippen molar-refractivity contribution in [3.8, 4) is 0 Å². The Morgan fingerprint density at radius 1 is 1.35 bits per heavy atom. The van der Waals surface area contributed by atoms with Crippen LogP contribution in [-0.4, -0.2) is 42.1 Å². The molecular weight excluding hydrogens is 332 g/mol. The summed E-state index contributed by atoms with van der Waals surface area (Å²) in [6.07, 6.45) is 0. The van der Waals surface area contributed by atoms with Gasteiger partial charge in [0.05, 0.1) is 12.4 Å². The molecule has 0 aliphatic rings. The summed E-state index contributed by atoms with van der Waals surface area (Å²) in [5, 5.41) is 14.9. The van der Waals surface area contributed by atoms with Gasteiger partial charge in [0.25, 0.3) is 0 Å². The van der Waals surface area contributed by atoms with Crippen LogP contribution in [0.5, 0.6) is 0 Å². The van der Waals surface area contributed by atoms with E-state index in [1.165, 1.54) is 23.1 Å². The number of amides is 1. The van der Waals surface area contributed by atoms with E-state index in [2.05, 4.69) is 20.8 Å². The molecule has 23 heavy (non-hydrogen) atoms. The van der Waals surface area contributed by atoms with E-state index in [1.807, 2.05) is 32.0 Å². The Bertz CT molecular complexity index is 661. The number of ether oxygens (including phenoxy) is 1. The zero-order valence-electron chi connectivity index (χ0n) is 13.4. The summed E-state index contributed by atoms with van der Waals surface area (Å²) in [4.78, 5) is 12.1. The molecule has 8 heteroatoms. The number of hydrogen-bond donors (Lipinski definition) is 2. The summed E-state index contributed by atoms with van der Waals surface area (Å²) in [6.45, 7) is 5.32. The molecule has 0 fully saturated rings. The van der Waals surface area contributed by atoms with Gasteiger partial charge < -0.3 is 15.4 Å². The predicted molar refractivity (Wildman–Crippen MR) is 95.5 cm³/mol. The maximum absolute atomic E-state index is 12.1. The second kappa shape index (κ2) is 8.85. The van der Waals surface area contributed by atoms with Crippen molar-refractivity contribution in [3.63, 3.8) is 0 Å². The average molecular weight is 352 g/mol. The number of aromatic nitrogens is 2. The normalized spacial score (nSPS) is 10.6. The van der Waals surface area contributed by atoms with Crippen molar-refractivity contribution < 1.29 is 9.53 Å². The molecule has 2 aromatic rings. The highest BCUT2D eigenvalue weighted by Crippen LogP contribution is 2.25. The third-order valence-electron chi connectivity index (χ3n) is 3.19. The molecule has 1 aromatic carbocycles. The molecule has 0 aliphatic carbocycles. The molecule has 0 atom stereocenters. The summed E-state index contributed by atoms with van der Waals surface area (Å²) >= 11 is 2.81. The van der Waals surface area contributed by atoms with E-state index in [1.54, 1.807) is 7.11 Å². The molecule has 6 nitrogen and oxygen atoms in total. The van der Waals surface area contributed by atoms with Gasteiger partial charge in [-0.25, -0.2) is 0 Å². The van der Waals surface area contributed by atoms with Crippen LogP contribution in [-0.2, 0) is 9.53 Å². The molecule has 1 amide bonds. The quantitative estimate of drug-likeness (QED) is 0.562. The molecular formula is C15H20N4O2S2. The molecule has 0 unspecified atom stereocenters. The van der Waals surface area contributed by atoms with Crippen LogP contribution in [0.1, 0.15) is 11.1 Å². The smallest absolute Gasteiger partial charge is 0.234 e. The van der Waals surface area contributed by atoms with Gasteiger partial charge in [-0.05, 0) is 31.0 Å². The molecule has 0 bridgehead atoms. The lowest BCUT2D eigenvalue weighted by atomic mass is 10.1. The Morgan fingerprint density at radius 3 is 2.96 bits per heavy atom. The zero-order chi connectivity index (χ0) is 16.7. The van der Waals surface area contributed by atoms with Gasteiger partial charge in [-0.1, -0.05) is 35.2 Å². The minimum Gasteiger partial charge on any atom is -0.383 e. The first-order valence-electron chi connectivity index (χ1n) is 7.15. The van der Waals surface area contributed by atoms with E-state index in [0.717, 1.165) is 26.3 Å². The van der Waals surface area contributed by atoms with Crippen molar-refractivity contribution in [2.24, 2.45) is 0 Å². The number of nitrogens with one attached hydrogen (secondary N) is 2. The number of carbonyl (C=O) groups excluding carboxylic acids is 1. The number of anilines is 2. The third kappa shape index (κ3) is 5.49. The number of aryl methyl sites for hydroxylation is 1. The van der Waals surface area contributed by atoms with E-state index in [4.69, 9.17) is 4.74 Å². The number of methoxy groups -OCH3 is 1. The van der Waals surface area contributed by atoms with Gasteiger partial charge in [0.2, 0.25) is 11.0 Å². The second-order valence-electron chi connectivity index (χ2n) is 4.88. The molecule has 0 aliphatic heterocycles. The lowest BCUT2D eigenvalue weighted by Crippen LogP contribution is -2.15. The Balaban J connectivity index is 1.81. The Morgan fingerprint density at radius 2 is 2.17 bits per heavy atom. The average Bonchev–Trinajstić information content (AvgIpc) is 2.98. The van der Waals surface area contributed by atoms with Crippen molar-refractivity contribution in [2.75, 3.05) is 36.6 Å². The number of thioether (sulfide) groups is 1. The fourth-order valence-corrected chi connectivity index (χ4v) is 3.38. The molecule has 0 saturated carbocycles. The Hall–Kier alpha value is -1.64. The largest absolute Gasteiger partial charge is 0.383 e. The Kier molecular flexibility index (Phi) is 6.82. The first-order chi connectivity index (χ1) is 11.1.